The van der Waals surface area contributed by atoms with Gasteiger partial charge in [0.05, 0.1) is 0 Å². The second-order valence-electron chi connectivity index (χ2n) is 0.730. The van der Waals surface area contributed by atoms with Gasteiger partial charge in [0.2, 0.25) is 0 Å². The molecule has 0 saturated carbocycles. The van der Waals surface area contributed by atoms with Crippen molar-refractivity contribution >= 4 is 42.5 Å². The minimum Gasteiger partial charge on any atom is -1.00 e. The van der Waals surface area contributed by atoms with Gasteiger partial charge in [-0.3, -0.25) is 9.11 Å². The zero-order chi connectivity index (χ0) is 8.08. The zero-order valence-corrected chi connectivity index (χ0v) is 28.2. The van der Waals surface area contributed by atoms with Crippen molar-refractivity contribution in [1.82, 2.24) is 0 Å². The molecule has 0 atom stereocenters. The minimum atomic E-state index is -4.67. The third-order valence-corrected chi connectivity index (χ3v) is 0. The molecule has 0 aliphatic rings. The fourth-order valence-electron chi connectivity index (χ4n) is 0. The summed E-state index contributed by atoms with van der Waals surface area (Å²) in [5.74, 6) is 0. The average Bonchev–Trinajstić information content (AvgIpc) is 1.19. The fraction of sp³-hybridized carbons (Fsp3) is 0. The molecule has 0 unspecified atom stereocenters. The van der Waals surface area contributed by atoms with Crippen LogP contribution in [0.2, 0.25) is 0 Å². The molecular weight excluding hydrogens is 410 g/mol. The fourth-order valence-corrected chi connectivity index (χ4v) is 0. The van der Waals surface area contributed by atoms with Crippen molar-refractivity contribution in [2.45, 2.75) is 0 Å². The molecule has 0 radical (unpaired) electrons. The van der Waals surface area contributed by atoms with Gasteiger partial charge in [-0.25, -0.2) is 4.79 Å². The molecule has 92 valence electrons. The summed E-state index contributed by atoms with van der Waals surface area (Å²) >= 11 is 0. The van der Waals surface area contributed by atoms with Gasteiger partial charge in [-0.2, -0.15) is 21.9 Å². The molecule has 0 aromatic carbocycles. The Kier molecular flexibility index (Phi) is 202. The Morgan fingerprint density at radius 1 is 0.889 bits per heavy atom. The van der Waals surface area contributed by atoms with Crippen molar-refractivity contribution in [2.75, 3.05) is 0 Å². The van der Waals surface area contributed by atoms with Crippen molar-refractivity contribution in [2.24, 2.45) is 0 Å². The molecule has 0 spiro atoms. The van der Waals surface area contributed by atoms with Gasteiger partial charge in [-0.15, -0.1) is 12.4 Å². The summed E-state index contributed by atoms with van der Waals surface area (Å²) in [5, 5.41) is 13.9. The van der Waals surface area contributed by atoms with Crippen LogP contribution in [-0.4, -0.2) is 39.4 Å². The first-order chi connectivity index (χ1) is 3.73. The molecule has 8 nitrogen and oxygen atoms in total. The quantitative estimate of drug-likeness (QED) is 0.221. The molecule has 0 bridgehead atoms. The summed E-state index contributed by atoms with van der Waals surface area (Å²) in [6, 6.07) is 0. The number of carbonyl (C=O) groups is 1. The maximum Gasteiger partial charge on any atom is 1.00 e. The van der Waals surface area contributed by atoms with Crippen LogP contribution in [0.3, 0.4) is 0 Å². The molecule has 0 aliphatic heterocycles. The molecule has 18 heavy (non-hydrogen) atoms. The summed E-state index contributed by atoms with van der Waals surface area (Å²) < 4.78 is 31.6. The van der Waals surface area contributed by atoms with Crippen LogP contribution in [-0.2, 0) is 10.4 Å². The second kappa shape index (κ2) is 49.6. The molecule has 0 aromatic rings. The monoisotopic (exact) mass is 424 g/mol. The number of hydrogen-bond acceptors (Lipinski definition) is 3. The van der Waals surface area contributed by atoms with Gasteiger partial charge in [-0.05, 0) is 0 Å². The van der Waals surface area contributed by atoms with Crippen LogP contribution >= 0.6 is 25.9 Å². The standard InChI is InChI=1S/CH2O3.ClH.2K.4Na.H2O4S.H2O.H2S.6H/c2-1(3)4;;;;;;;;1-5(2,3)4;;;;;;;;/h(H2,2,3,4);1H;;;;;;;(H2,1,2,3,4);2*1H2;;;;;;/q;;6*+1;;;;6*-1. The van der Waals surface area contributed by atoms with Gasteiger partial charge < -0.3 is 24.2 Å². The van der Waals surface area contributed by atoms with Gasteiger partial charge in [0.25, 0.3) is 0 Å². The first-order valence-corrected chi connectivity index (χ1v) is 2.75. The summed E-state index contributed by atoms with van der Waals surface area (Å²) in [5.41, 5.74) is 0. The zero-order valence-electron chi connectivity index (χ0n) is 17.3. The van der Waals surface area contributed by atoms with E-state index in [2.05, 4.69) is 0 Å². The van der Waals surface area contributed by atoms with Gasteiger partial charge in [0.1, 0.15) is 0 Å². The second-order valence-corrected chi connectivity index (χ2v) is 1.63. The molecule has 0 amide bonds. The van der Waals surface area contributed by atoms with Gasteiger partial charge in [0.15, 0.2) is 0 Å². The Labute approximate surface area is 301 Å². The molecule has 0 rings (SSSR count). The van der Waals surface area contributed by atoms with Crippen LogP contribution in [0.15, 0.2) is 0 Å². The van der Waals surface area contributed by atoms with Crippen molar-refractivity contribution in [3.8, 4) is 0 Å². The minimum absolute atomic E-state index is 0. The van der Waals surface area contributed by atoms with Gasteiger partial charge in [-0.1, -0.05) is 0 Å². The van der Waals surface area contributed by atoms with Gasteiger partial charge in [0, 0.05) is 0 Å². The molecule has 0 aliphatic carbocycles. The Balaban J connectivity index is -0.00000000168. The maximum absolute atomic E-state index is 8.74. The Bertz CT molecular complexity index is 201. The summed E-state index contributed by atoms with van der Waals surface area (Å²) in [4.78, 5) is 8.56. The van der Waals surface area contributed by atoms with Gasteiger partial charge >= 0.3 is 238 Å². The Morgan fingerprint density at radius 2 is 0.889 bits per heavy atom. The topological polar surface area (TPSA) is 164 Å². The molecule has 17 heteroatoms. The predicted molar refractivity (Wildman–Crippen MR) is 52.7 cm³/mol. The van der Waals surface area contributed by atoms with Crippen LogP contribution in [0.4, 0.5) is 4.79 Å². The van der Waals surface area contributed by atoms with Crippen molar-refractivity contribution in [3.63, 3.8) is 0 Å². The number of carboxylic acid groups (broad SMARTS) is 2. The third-order valence-electron chi connectivity index (χ3n) is 0. The van der Waals surface area contributed by atoms with Crippen LogP contribution in [0.5, 0.6) is 0 Å². The van der Waals surface area contributed by atoms with E-state index in [4.69, 9.17) is 32.5 Å². The first-order valence-electron chi connectivity index (χ1n) is 1.35. The molecular formula is CH15ClK2Na4O8S2. The van der Waals surface area contributed by atoms with E-state index in [-0.39, 0.29) is 261 Å². The van der Waals surface area contributed by atoms with E-state index in [1.807, 2.05) is 0 Å². The van der Waals surface area contributed by atoms with Crippen molar-refractivity contribution in [3.05, 3.63) is 0 Å². The van der Waals surface area contributed by atoms with E-state index in [1.54, 1.807) is 0 Å². The Morgan fingerprint density at radius 3 is 0.889 bits per heavy atom. The average molecular weight is 425 g/mol. The molecule has 6 N–H and O–H groups in total. The number of hydrogen-bond donors (Lipinski definition) is 4. The molecule has 0 heterocycles. The number of halogens is 1. The van der Waals surface area contributed by atoms with Crippen molar-refractivity contribution < 1.29 is 268 Å². The summed E-state index contributed by atoms with van der Waals surface area (Å²) in [6.45, 7) is 0. The first kappa shape index (κ1) is 73.5. The van der Waals surface area contributed by atoms with E-state index in [0.29, 0.717) is 0 Å². The van der Waals surface area contributed by atoms with Crippen LogP contribution in [0.1, 0.15) is 8.56 Å². The number of rotatable bonds is 0. The molecule has 0 saturated heterocycles. The largest absolute Gasteiger partial charge is 1.00 e. The van der Waals surface area contributed by atoms with E-state index < -0.39 is 16.6 Å². The molecule has 0 fully saturated rings. The van der Waals surface area contributed by atoms with E-state index >= 15 is 0 Å². The van der Waals surface area contributed by atoms with Crippen LogP contribution in [0, 0.1) is 0 Å². The van der Waals surface area contributed by atoms with E-state index in [9.17, 15) is 0 Å². The SMILES string of the molecule is Cl.O.O=C(O)O.O=S(=O)(O)O.S.[H-].[H-].[H-].[H-].[H-].[H-].[K+].[K+].[Na+].[Na+].[Na+].[Na+]. The van der Waals surface area contributed by atoms with E-state index in [0.717, 1.165) is 0 Å². The maximum atomic E-state index is 8.74. The van der Waals surface area contributed by atoms with Crippen molar-refractivity contribution in [1.29, 1.82) is 0 Å². The van der Waals surface area contributed by atoms with Crippen LogP contribution < -0.4 is 221 Å². The van der Waals surface area contributed by atoms with E-state index in [1.165, 1.54) is 0 Å². The third kappa shape index (κ3) is 227. The summed E-state index contributed by atoms with van der Waals surface area (Å²) in [7, 11) is -4.67. The normalized spacial score (nSPS) is 4.56. The summed E-state index contributed by atoms with van der Waals surface area (Å²) in [6.07, 6.45) is -1.83. The molecule has 0 aromatic heterocycles. The Hall–Kier alpha value is 7.01. The smallest absolute Gasteiger partial charge is 1.00 e. The predicted octanol–water partition coefficient (Wildman–Crippen LogP) is -18.0. The van der Waals surface area contributed by atoms with Crippen LogP contribution in [0.25, 0.3) is 0 Å².